The molecule has 0 fully saturated rings. The minimum Gasteiger partial charge on any atom is -0.507 e. The van der Waals surface area contributed by atoms with Crippen LogP contribution in [0.3, 0.4) is 0 Å². The highest BCUT2D eigenvalue weighted by Gasteiger charge is 2.18. The number of aliphatic carboxylic acids is 1. The third kappa shape index (κ3) is 3.01. The van der Waals surface area contributed by atoms with Crippen molar-refractivity contribution in [3.05, 3.63) is 29.1 Å². The fourth-order valence-electron chi connectivity index (χ4n) is 1.37. The molecule has 92 valence electrons. The van der Waals surface area contributed by atoms with Gasteiger partial charge in [-0.25, -0.2) is 4.39 Å². The maximum absolute atomic E-state index is 13.4. The summed E-state index contributed by atoms with van der Waals surface area (Å²) in [6, 6.07) is 0.644. The molecule has 0 bridgehead atoms. The van der Waals surface area contributed by atoms with Gasteiger partial charge >= 0.3 is 5.97 Å². The number of halogens is 1. The zero-order valence-corrected chi connectivity index (χ0v) is 9.11. The molecule has 0 aliphatic carbocycles. The van der Waals surface area contributed by atoms with Crippen molar-refractivity contribution in [2.45, 2.75) is 19.4 Å². The molecule has 4 N–H and O–H groups in total. The van der Waals surface area contributed by atoms with Crippen molar-refractivity contribution in [2.24, 2.45) is 5.73 Å². The molecule has 0 aliphatic rings. The Hall–Kier alpha value is -1.95. The normalized spacial score (nSPS) is 12.2. The number of hydrogen-bond donors (Lipinski definition) is 3. The minimum atomic E-state index is -1.26. The lowest BCUT2D eigenvalue weighted by atomic mass is 10.0. The second-order valence-electron chi connectivity index (χ2n) is 3.67. The largest absolute Gasteiger partial charge is 0.507 e. The maximum Gasteiger partial charge on any atom is 0.320 e. The van der Waals surface area contributed by atoms with Crippen molar-refractivity contribution < 1.29 is 24.2 Å². The van der Waals surface area contributed by atoms with E-state index in [4.69, 9.17) is 10.8 Å². The number of Topliss-reactive ketones (excluding diaryl/α,β-unsaturated/α-hetero) is 1. The summed E-state index contributed by atoms with van der Waals surface area (Å²) in [5, 5.41) is 17.9. The topological polar surface area (TPSA) is 101 Å². The number of hydrogen-bond acceptors (Lipinski definition) is 4. The Kier molecular flexibility index (Phi) is 3.80. The Morgan fingerprint density at radius 1 is 1.47 bits per heavy atom. The molecule has 17 heavy (non-hydrogen) atoms. The van der Waals surface area contributed by atoms with Crippen LogP contribution in [-0.4, -0.2) is 28.0 Å². The number of carbonyl (C=O) groups is 2. The average Bonchev–Trinajstić information content (AvgIpc) is 2.21. The SMILES string of the molecule is CC(=O)c1cc(CC(N)C(=O)O)c([18F])cc1O. The highest BCUT2D eigenvalue weighted by Crippen LogP contribution is 2.23. The Bertz CT molecular complexity index is 473. The first-order chi connectivity index (χ1) is 7.82. The van der Waals surface area contributed by atoms with E-state index in [1.54, 1.807) is 0 Å². The lowest BCUT2D eigenvalue weighted by molar-refractivity contribution is -0.138. The van der Waals surface area contributed by atoms with Gasteiger partial charge in [-0.05, 0) is 18.6 Å². The van der Waals surface area contributed by atoms with Crippen LogP contribution in [0.1, 0.15) is 22.8 Å². The number of phenols is 1. The van der Waals surface area contributed by atoms with E-state index in [1.165, 1.54) is 6.92 Å². The van der Waals surface area contributed by atoms with Crippen LogP contribution in [-0.2, 0) is 11.2 Å². The molecule has 0 amide bonds. The summed E-state index contributed by atoms with van der Waals surface area (Å²) < 4.78 is 13.4. The number of carboxylic acid groups (broad SMARTS) is 1. The summed E-state index contributed by atoms with van der Waals surface area (Å²) in [4.78, 5) is 21.7. The molecule has 0 aliphatic heterocycles. The van der Waals surface area contributed by atoms with E-state index < -0.39 is 29.4 Å². The molecule has 1 atom stereocenters. The standard InChI is InChI=1S/C11H12FNO4/c1-5(14)7-2-6(3-9(13)11(16)17)8(12)4-10(7)15/h2,4,9,15H,3,13H2,1H3,(H,16,17)/i12-1. The number of benzene rings is 1. The van der Waals surface area contributed by atoms with Crippen molar-refractivity contribution in [2.75, 3.05) is 0 Å². The van der Waals surface area contributed by atoms with Gasteiger partial charge in [0.15, 0.2) is 5.78 Å². The molecule has 1 rings (SSSR count). The first kappa shape index (κ1) is 13.1. The van der Waals surface area contributed by atoms with Crippen LogP contribution < -0.4 is 5.73 Å². The van der Waals surface area contributed by atoms with Gasteiger partial charge in [-0.15, -0.1) is 0 Å². The van der Waals surface area contributed by atoms with Gasteiger partial charge in [-0.3, -0.25) is 9.59 Å². The van der Waals surface area contributed by atoms with Crippen LogP contribution in [0.2, 0.25) is 0 Å². The highest BCUT2D eigenvalue weighted by atomic mass is 18.2. The monoisotopic (exact) mass is 240 g/mol. The lowest BCUT2D eigenvalue weighted by Gasteiger charge is -2.10. The van der Waals surface area contributed by atoms with Gasteiger partial charge in [0.2, 0.25) is 0 Å². The van der Waals surface area contributed by atoms with Gasteiger partial charge in [0.05, 0.1) is 5.56 Å². The first-order valence-corrected chi connectivity index (χ1v) is 4.83. The van der Waals surface area contributed by atoms with Crippen molar-refractivity contribution >= 4 is 11.8 Å². The Morgan fingerprint density at radius 2 is 2.06 bits per heavy atom. The lowest BCUT2D eigenvalue weighted by Crippen LogP contribution is -2.32. The van der Waals surface area contributed by atoms with Gasteiger partial charge in [0.25, 0.3) is 0 Å². The van der Waals surface area contributed by atoms with E-state index in [-0.39, 0.29) is 17.5 Å². The number of carboxylic acids is 1. The molecule has 6 heteroatoms. The van der Waals surface area contributed by atoms with Crippen molar-refractivity contribution in [3.63, 3.8) is 0 Å². The predicted octanol–water partition coefficient (Wildman–Crippen LogP) is 0.688. The van der Waals surface area contributed by atoms with E-state index in [2.05, 4.69) is 0 Å². The van der Waals surface area contributed by atoms with E-state index >= 15 is 0 Å². The van der Waals surface area contributed by atoms with Gasteiger partial charge < -0.3 is 15.9 Å². The van der Waals surface area contributed by atoms with Crippen molar-refractivity contribution in [1.82, 2.24) is 0 Å². The molecule has 0 aromatic heterocycles. The van der Waals surface area contributed by atoms with E-state index in [9.17, 15) is 19.1 Å². The van der Waals surface area contributed by atoms with Crippen LogP contribution in [0.25, 0.3) is 0 Å². The fraction of sp³-hybridized carbons (Fsp3) is 0.273. The maximum atomic E-state index is 13.4. The van der Waals surface area contributed by atoms with E-state index in [0.29, 0.717) is 0 Å². The van der Waals surface area contributed by atoms with E-state index in [0.717, 1.165) is 12.1 Å². The third-order valence-corrected chi connectivity index (χ3v) is 2.30. The Labute approximate surface area is 96.7 Å². The molecular formula is C11H12FNO4. The average molecular weight is 240 g/mol. The number of ketones is 1. The molecule has 1 unspecified atom stereocenters. The summed E-state index contributed by atoms with van der Waals surface area (Å²) in [7, 11) is 0. The van der Waals surface area contributed by atoms with Crippen LogP contribution in [0, 0.1) is 5.82 Å². The second kappa shape index (κ2) is 4.92. The molecule has 0 radical (unpaired) electrons. The van der Waals surface area contributed by atoms with Crippen molar-refractivity contribution in [3.8, 4) is 5.75 Å². The Balaban J connectivity index is 3.12. The van der Waals surface area contributed by atoms with Gasteiger partial charge in [0.1, 0.15) is 17.6 Å². The highest BCUT2D eigenvalue weighted by molar-refractivity contribution is 5.96. The molecule has 0 heterocycles. The van der Waals surface area contributed by atoms with E-state index in [1.807, 2.05) is 0 Å². The predicted molar refractivity (Wildman–Crippen MR) is 57.4 cm³/mol. The Morgan fingerprint density at radius 3 is 2.53 bits per heavy atom. The van der Waals surface area contributed by atoms with Gasteiger partial charge in [-0.2, -0.15) is 0 Å². The zero-order valence-electron chi connectivity index (χ0n) is 9.11. The number of rotatable bonds is 4. The van der Waals surface area contributed by atoms with Crippen LogP contribution in [0.15, 0.2) is 12.1 Å². The van der Waals surface area contributed by atoms with Gasteiger partial charge in [0, 0.05) is 12.5 Å². The fourth-order valence-corrected chi connectivity index (χ4v) is 1.37. The van der Waals surface area contributed by atoms with Crippen molar-refractivity contribution in [1.29, 1.82) is 0 Å². The third-order valence-electron chi connectivity index (χ3n) is 2.30. The molecular weight excluding hydrogens is 228 g/mol. The number of aromatic hydroxyl groups is 1. The summed E-state index contributed by atoms with van der Waals surface area (Å²) in [6.45, 7) is 1.22. The first-order valence-electron chi connectivity index (χ1n) is 4.83. The quantitative estimate of drug-likeness (QED) is 0.672. The van der Waals surface area contributed by atoms with Gasteiger partial charge in [-0.1, -0.05) is 0 Å². The minimum absolute atomic E-state index is 0.0112. The summed E-state index contributed by atoms with van der Waals surface area (Å²) in [5.74, 6) is -2.96. The smallest absolute Gasteiger partial charge is 0.320 e. The van der Waals surface area contributed by atoms with Crippen LogP contribution in [0.4, 0.5) is 4.39 Å². The molecule has 1 aromatic carbocycles. The molecule has 0 saturated carbocycles. The summed E-state index contributed by atoms with van der Waals surface area (Å²) in [5.41, 5.74) is 5.20. The number of phenolic OH excluding ortho intramolecular Hbond substituents is 1. The summed E-state index contributed by atoms with van der Waals surface area (Å²) >= 11 is 0. The number of carbonyl (C=O) groups excluding carboxylic acids is 1. The van der Waals surface area contributed by atoms with Crippen LogP contribution >= 0.6 is 0 Å². The molecule has 1 aromatic rings. The summed E-state index contributed by atoms with van der Waals surface area (Å²) in [6.07, 6.45) is -0.248. The number of nitrogens with two attached hydrogens (primary N) is 1. The van der Waals surface area contributed by atoms with Crippen LogP contribution in [0.5, 0.6) is 5.75 Å². The zero-order chi connectivity index (χ0) is 13.2. The molecule has 0 spiro atoms. The molecule has 5 nitrogen and oxygen atoms in total. The second-order valence-corrected chi connectivity index (χ2v) is 3.67. The molecule has 0 saturated heterocycles.